The van der Waals surface area contributed by atoms with Crippen LogP contribution in [-0.4, -0.2) is 55.6 Å². The van der Waals surface area contributed by atoms with Crippen LogP contribution in [0.4, 0.5) is 8.78 Å². The first-order chi connectivity index (χ1) is 9.55. The van der Waals surface area contributed by atoms with Gasteiger partial charge in [0.15, 0.2) is 0 Å². The molecule has 0 bridgehead atoms. The van der Waals surface area contributed by atoms with Crippen LogP contribution >= 0.6 is 0 Å². The van der Waals surface area contributed by atoms with Crippen LogP contribution in [0, 0.1) is 0 Å². The number of morpholine rings is 1. The van der Waals surface area contributed by atoms with E-state index < -0.39 is 5.92 Å². The van der Waals surface area contributed by atoms with Gasteiger partial charge in [0.2, 0.25) is 5.91 Å². The summed E-state index contributed by atoms with van der Waals surface area (Å²) in [5.74, 6) is -2.64. The van der Waals surface area contributed by atoms with E-state index in [1.807, 2.05) is 32.6 Å². The summed E-state index contributed by atoms with van der Waals surface area (Å²) in [5.41, 5.74) is 0. The summed E-state index contributed by atoms with van der Waals surface area (Å²) >= 11 is 0. The van der Waals surface area contributed by atoms with E-state index in [4.69, 9.17) is 4.74 Å². The Morgan fingerprint density at radius 1 is 1.25 bits per heavy atom. The molecule has 0 aliphatic carbocycles. The summed E-state index contributed by atoms with van der Waals surface area (Å²) in [6.07, 6.45) is -0.178. The molecule has 2 aliphatic heterocycles. The van der Waals surface area contributed by atoms with E-state index in [-0.39, 0.29) is 31.4 Å². The largest absolute Gasteiger partial charge is 0.369 e. The van der Waals surface area contributed by atoms with Crippen LogP contribution < -0.4 is 5.32 Å². The lowest BCUT2D eigenvalue weighted by Crippen LogP contribution is -2.53. The number of carbonyl (C=O) groups excluding carboxylic acids is 1. The second kappa shape index (κ2) is 10.0. The molecule has 0 aromatic carbocycles. The minimum atomic E-state index is -2.51. The summed E-state index contributed by atoms with van der Waals surface area (Å²) < 4.78 is 30.9. The number of nitrogens with zero attached hydrogens (tertiary/aromatic N) is 1. The van der Waals surface area contributed by atoms with Crippen molar-refractivity contribution in [2.45, 2.75) is 52.5 Å². The number of halogens is 2. The number of alkyl halides is 2. The molecule has 1 amide bonds. The minimum absolute atomic E-state index is 0.0621. The number of nitrogens with one attached hydrogen (secondary N) is 1. The molecule has 0 spiro atoms. The van der Waals surface area contributed by atoms with Gasteiger partial charge in [-0.05, 0) is 0 Å². The molecule has 2 rings (SSSR count). The number of carbonyl (C=O) groups is 1. The highest BCUT2D eigenvalue weighted by atomic mass is 19.3. The van der Waals surface area contributed by atoms with Crippen molar-refractivity contribution in [2.24, 2.45) is 0 Å². The predicted molar refractivity (Wildman–Crippen MR) is 76.1 cm³/mol. The highest BCUT2D eigenvalue weighted by Gasteiger charge is 2.34. The average Bonchev–Trinajstić information content (AvgIpc) is 2.46. The minimum Gasteiger partial charge on any atom is -0.369 e. The lowest BCUT2D eigenvalue weighted by molar-refractivity contribution is -0.132. The number of hydrogen-bond acceptors (Lipinski definition) is 3. The van der Waals surface area contributed by atoms with Gasteiger partial charge in [0.1, 0.15) is 6.61 Å². The van der Waals surface area contributed by atoms with E-state index in [2.05, 4.69) is 5.32 Å². The van der Waals surface area contributed by atoms with E-state index in [1.165, 1.54) is 0 Å². The van der Waals surface area contributed by atoms with Crippen LogP contribution in [0.25, 0.3) is 0 Å². The third kappa shape index (κ3) is 7.14. The van der Waals surface area contributed by atoms with E-state index in [9.17, 15) is 13.6 Å². The zero-order valence-electron chi connectivity index (χ0n) is 13.0. The third-order valence-electron chi connectivity index (χ3n) is 2.98. The fraction of sp³-hybridized carbons (Fsp3) is 0.929. The summed E-state index contributed by atoms with van der Waals surface area (Å²) in [4.78, 5) is 13.0. The number of rotatable bonds is 2. The predicted octanol–water partition coefficient (Wildman–Crippen LogP) is 2.28. The Kier molecular flexibility index (Phi) is 9.67. The third-order valence-corrected chi connectivity index (χ3v) is 2.98. The molecule has 1 N–H and O–H groups in total. The number of piperidine rings is 1. The topological polar surface area (TPSA) is 41.6 Å². The summed E-state index contributed by atoms with van der Waals surface area (Å²) in [6.45, 7) is 9.95. The van der Waals surface area contributed by atoms with Crippen LogP contribution in [0.5, 0.6) is 0 Å². The zero-order chi connectivity index (χ0) is 15.6. The molecule has 2 fully saturated rings. The van der Waals surface area contributed by atoms with Gasteiger partial charge in [-0.25, -0.2) is 8.78 Å². The second-order valence-corrected chi connectivity index (χ2v) is 4.44. The lowest BCUT2D eigenvalue weighted by atomic mass is 10.1. The molecular formula is C14H28F2N2O2. The monoisotopic (exact) mass is 294 g/mol. The van der Waals surface area contributed by atoms with Gasteiger partial charge in [-0.1, -0.05) is 27.7 Å². The van der Waals surface area contributed by atoms with Crippen LogP contribution in [0.1, 0.15) is 40.5 Å². The maximum Gasteiger partial charge on any atom is 0.250 e. The smallest absolute Gasteiger partial charge is 0.250 e. The molecule has 4 nitrogen and oxygen atoms in total. The van der Waals surface area contributed by atoms with E-state index >= 15 is 0 Å². The fourth-order valence-electron chi connectivity index (χ4n) is 2.08. The van der Waals surface area contributed by atoms with Crippen molar-refractivity contribution >= 4 is 5.91 Å². The molecule has 1 atom stereocenters. The molecule has 20 heavy (non-hydrogen) atoms. The average molecular weight is 294 g/mol. The van der Waals surface area contributed by atoms with Gasteiger partial charge in [0.05, 0.1) is 12.6 Å². The molecule has 1 unspecified atom stereocenters. The van der Waals surface area contributed by atoms with Gasteiger partial charge < -0.3 is 15.0 Å². The van der Waals surface area contributed by atoms with Crippen molar-refractivity contribution in [2.75, 3.05) is 32.8 Å². The van der Waals surface area contributed by atoms with Gasteiger partial charge in [0, 0.05) is 32.5 Å². The Morgan fingerprint density at radius 3 is 2.30 bits per heavy atom. The Morgan fingerprint density at radius 2 is 1.80 bits per heavy atom. The molecule has 0 aromatic rings. The standard InChI is InChI=1S/C10H16F2N2O2.2C2H6/c11-10(12)1-3-14(4-2-10)5-8-6-16-7-9(15)13-8;2*1-2/h8H,1-7H2,(H,13,15);2*1-2H3. The first kappa shape index (κ1) is 19.2. The Bertz CT molecular complexity index is 266. The molecule has 6 heteroatoms. The van der Waals surface area contributed by atoms with Crippen molar-refractivity contribution in [1.82, 2.24) is 10.2 Å². The second-order valence-electron chi connectivity index (χ2n) is 4.44. The van der Waals surface area contributed by atoms with Crippen LogP contribution in [0.15, 0.2) is 0 Å². The SMILES string of the molecule is CC.CC.O=C1COCC(CN2CCC(F)(F)CC2)N1. The summed E-state index contributed by atoms with van der Waals surface area (Å²) in [7, 11) is 0. The number of ether oxygens (including phenoxy) is 1. The summed E-state index contributed by atoms with van der Waals surface area (Å²) in [6, 6.07) is -0.0621. The number of amides is 1. The van der Waals surface area contributed by atoms with Gasteiger partial charge in [-0.15, -0.1) is 0 Å². The van der Waals surface area contributed by atoms with Crippen molar-refractivity contribution < 1.29 is 18.3 Å². The van der Waals surface area contributed by atoms with Crippen LogP contribution in [0.3, 0.4) is 0 Å². The fourth-order valence-corrected chi connectivity index (χ4v) is 2.08. The highest BCUT2D eigenvalue weighted by molar-refractivity contribution is 5.78. The van der Waals surface area contributed by atoms with Crippen molar-refractivity contribution in [3.63, 3.8) is 0 Å². The Balaban J connectivity index is 0.000000829. The van der Waals surface area contributed by atoms with Gasteiger partial charge in [-0.3, -0.25) is 4.79 Å². The van der Waals surface area contributed by atoms with Gasteiger partial charge >= 0.3 is 0 Å². The van der Waals surface area contributed by atoms with Crippen LogP contribution in [-0.2, 0) is 9.53 Å². The summed E-state index contributed by atoms with van der Waals surface area (Å²) in [5, 5.41) is 2.79. The molecule has 2 heterocycles. The molecular weight excluding hydrogens is 266 g/mol. The first-order valence-electron chi connectivity index (χ1n) is 7.52. The quantitative estimate of drug-likeness (QED) is 0.849. The zero-order valence-corrected chi connectivity index (χ0v) is 13.0. The first-order valence-corrected chi connectivity index (χ1v) is 7.52. The normalized spacial score (nSPS) is 25.5. The Labute approximate surface area is 120 Å². The number of hydrogen-bond donors (Lipinski definition) is 1. The molecule has 2 saturated heterocycles. The van der Waals surface area contributed by atoms with Crippen molar-refractivity contribution in [1.29, 1.82) is 0 Å². The maximum atomic E-state index is 12.9. The molecule has 0 radical (unpaired) electrons. The van der Waals surface area contributed by atoms with E-state index in [0.717, 1.165) is 0 Å². The van der Waals surface area contributed by atoms with Gasteiger partial charge in [-0.2, -0.15) is 0 Å². The molecule has 0 aromatic heterocycles. The van der Waals surface area contributed by atoms with Gasteiger partial charge in [0.25, 0.3) is 5.92 Å². The van der Waals surface area contributed by atoms with E-state index in [1.54, 1.807) is 0 Å². The molecule has 2 aliphatic rings. The maximum absolute atomic E-state index is 12.9. The van der Waals surface area contributed by atoms with Crippen molar-refractivity contribution in [3.05, 3.63) is 0 Å². The lowest BCUT2D eigenvalue weighted by Gasteiger charge is -2.35. The Hall–Kier alpha value is -0.750. The van der Waals surface area contributed by atoms with Crippen molar-refractivity contribution in [3.8, 4) is 0 Å². The molecule has 0 saturated carbocycles. The highest BCUT2D eigenvalue weighted by Crippen LogP contribution is 2.27. The molecule has 120 valence electrons. The van der Waals surface area contributed by atoms with E-state index in [0.29, 0.717) is 26.2 Å². The van der Waals surface area contributed by atoms with Crippen LogP contribution in [0.2, 0.25) is 0 Å². The number of likely N-dealkylation sites (tertiary alicyclic amines) is 1.